The van der Waals surface area contributed by atoms with E-state index < -0.39 is 12.0 Å². The molecule has 5 N–H and O–H groups in total. The molecule has 0 saturated heterocycles. The summed E-state index contributed by atoms with van der Waals surface area (Å²) in [5.41, 5.74) is 9.73. The predicted molar refractivity (Wildman–Crippen MR) is 167 cm³/mol. The lowest BCUT2D eigenvalue weighted by molar-refractivity contribution is -0.124. The number of nitrogens with two attached hydrogens (primary N) is 1. The summed E-state index contributed by atoms with van der Waals surface area (Å²) in [4.78, 5) is 40.0. The zero-order chi connectivity index (χ0) is 30.4. The SMILES string of the molecule is CCOc1ccc(C[C@@H](NC(=O)c2ccccc2)C(=O)NC[C@H](C(=O)NCc2ccc(CN)cc2)c2ccccc2)cc1. The van der Waals surface area contributed by atoms with Crippen molar-refractivity contribution in [2.24, 2.45) is 5.73 Å². The number of benzene rings is 4. The average Bonchev–Trinajstić information content (AvgIpc) is 3.05. The van der Waals surface area contributed by atoms with Crippen molar-refractivity contribution in [1.82, 2.24) is 16.0 Å². The number of amides is 3. The summed E-state index contributed by atoms with van der Waals surface area (Å²) in [7, 11) is 0. The van der Waals surface area contributed by atoms with Crippen molar-refractivity contribution in [2.45, 2.75) is 38.4 Å². The highest BCUT2D eigenvalue weighted by molar-refractivity contribution is 5.97. The van der Waals surface area contributed by atoms with E-state index in [1.165, 1.54) is 0 Å². The van der Waals surface area contributed by atoms with Crippen LogP contribution >= 0.6 is 0 Å². The number of ether oxygens (including phenoxy) is 1. The number of carbonyl (C=O) groups excluding carboxylic acids is 3. The lowest BCUT2D eigenvalue weighted by Crippen LogP contribution is -2.49. The molecular formula is C35H38N4O4. The fourth-order valence-corrected chi connectivity index (χ4v) is 4.64. The van der Waals surface area contributed by atoms with Gasteiger partial charge in [-0.2, -0.15) is 0 Å². The quantitative estimate of drug-likeness (QED) is 0.180. The Morgan fingerprint density at radius 3 is 1.95 bits per heavy atom. The first kappa shape index (κ1) is 31.0. The van der Waals surface area contributed by atoms with Crippen LogP contribution in [0, 0.1) is 0 Å². The van der Waals surface area contributed by atoms with Gasteiger partial charge in [0.15, 0.2) is 0 Å². The second-order valence-electron chi connectivity index (χ2n) is 10.1. The molecule has 222 valence electrons. The molecule has 0 aliphatic heterocycles. The third kappa shape index (κ3) is 9.28. The first-order chi connectivity index (χ1) is 21.0. The molecule has 0 saturated carbocycles. The lowest BCUT2D eigenvalue weighted by Gasteiger charge is -2.22. The molecule has 4 rings (SSSR count). The number of rotatable bonds is 14. The van der Waals surface area contributed by atoms with Gasteiger partial charge in [-0.15, -0.1) is 0 Å². The van der Waals surface area contributed by atoms with Crippen LogP contribution in [0.25, 0.3) is 0 Å². The predicted octanol–water partition coefficient (Wildman–Crippen LogP) is 4.10. The summed E-state index contributed by atoms with van der Waals surface area (Å²) in [5, 5.41) is 8.80. The van der Waals surface area contributed by atoms with Gasteiger partial charge in [-0.05, 0) is 53.4 Å². The smallest absolute Gasteiger partial charge is 0.251 e. The van der Waals surface area contributed by atoms with Gasteiger partial charge in [-0.1, -0.05) is 84.9 Å². The van der Waals surface area contributed by atoms with Crippen LogP contribution in [0.3, 0.4) is 0 Å². The zero-order valence-electron chi connectivity index (χ0n) is 24.3. The first-order valence-corrected chi connectivity index (χ1v) is 14.4. The summed E-state index contributed by atoms with van der Waals surface area (Å²) in [6.45, 7) is 3.31. The maximum atomic E-state index is 13.6. The van der Waals surface area contributed by atoms with Gasteiger partial charge in [0.1, 0.15) is 11.8 Å². The Bertz CT molecular complexity index is 1460. The molecular weight excluding hydrogens is 540 g/mol. The van der Waals surface area contributed by atoms with Crippen LogP contribution in [0.5, 0.6) is 5.75 Å². The van der Waals surface area contributed by atoms with Crippen molar-refractivity contribution >= 4 is 17.7 Å². The molecule has 8 heteroatoms. The summed E-state index contributed by atoms with van der Waals surface area (Å²) < 4.78 is 5.53. The Morgan fingerprint density at radius 2 is 1.33 bits per heavy atom. The summed E-state index contributed by atoms with van der Waals surface area (Å²) in [6, 6.07) is 32.4. The van der Waals surface area contributed by atoms with Crippen LogP contribution < -0.4 is 26.4 Å². The first-order valence-electron chi connectivity index (χ1n) is 14.4. The van der Waals surface area contributed by atoms with E-state index in [2.05, 4.69) is 16.0 Å². The Labute approximate surface area is 252 Å². The van der Waals surface area contributed by atoms with Crippen LogP contribution in [-0.4, -0.2) is 36.9 Å². The van der Waals surface area contributed by atoms with Crippen molar-refractivity contribution in [3.05, 3.63) is 137 Å². The van der Waals surface area contributed by atoms with Gasteiger partial charge < -0.3 is 26.4 Å². The summed E-state index contributed by atoms with van der Waals surface area (Å²) >= 11 is 0. The Morgan fingerprint density at radius 1 is 0.721 bits per heavy atom. The van der Waals surface area contributed by atoms with E-state index >= 15 is 0 Å². The van der Waals surface area contributed by atoms with Crippen LogP contribution in [0.1, 0.15) is 45.5 Å². The molecule has 43 heavy (non-hydrogen) atoms. The van der Waals surface area contributed by atoms with E-state index in [4.69, 9.17) is 10.5 Å². The van der Waals surface area contributed by atoms with Gasteiger partial charge in [0, 0.05) is 31.6 Å². The number of hydrogen-bond donors (Lipinski definition) is 4. The van der Waals surface area contributed by atoms with Crippen LogP contribution in [0.15, 0.2) is 109 Å². The number of hydrogen-bond acceptors (Lipinski definition) is 5. The highest BCUT2D eigenvalue weighted by Crippen LogP contribution is 2.17. The van der Waals surface area contributed by atoms with Crippen LogP contribution in [0.4, 0.5) is 0 Å². The van der Waals surface area contributed by atoms with Crippen molar-refractivity contribution in [1.29, 1.82) is 0 Å². The molecule has 0 heterocycles. The van der Waals surface area contributed by atoms with Gasteiger partial charge >= 0.3 is 0 Å². The van der Waals surface area contributed by atoms with E-state index in [1.807, 2.05) is 91.9 Å². The highest BCUT2D eigenvalue weighted by Gasteiger charge is 2.26. The minimum Gasteiger partial charge on any atom is -0.494 e. The molecule has 8 nitrogen and oxygen atoms in total. The van der Waals surface area contributed by atoms with E-state index in [0.717, 1.165) is 28.0 Å². The van der Waals surface area contributed by atoms with Crippen molar-refractivity contribution in [2.75, 3.05) is 13.2 Å². The minimum absolute atomic E-state index is 0.0573. The number of nitrogens with one attached hydrogen (secondary N) is 3. The third-order valence-corrected chi connectivity index (χ3v) is 7.06. The molecule has 4 aromatic carbocycles. The molecule has 0 unspecified atom stereocenters. The third-order valence-electron chi connectivity index (χ3n) is 7.06. The lowest BCUT2D eigenvalue weighted by atomic mass is 9.97. The maximum Gasteiger partial charge on any atom is 0.251 e. The van der Waals surface area contributed by atoms with Crippen LogP contribution in [-0.2, 0) is 29.1 Å². The standard InChI is InChI=1S/C35H38N4O4/c1-2-43-30-19-17-25(18-20-30)21-32(39-33(40)29-11-7-4-8-12-29)35(42)38-24-31(28-9-5-3-6-10-28)34(41)37-23-27-15-13-26(22-36)14-16-27/h3-20,31-32H,2,21-24,36H2,1H3,(H,37,41)(H,38,42)(H,39,40)/t31-,32+/m0/s1. The van der Waals surface area contributed by atoms with E-state index in [0.29, 0.717) is 25.3 Å². The molecule has 2 atom stereocenters. The van der Waals surface area contributed by atoms with Crippen molar-refractivity contribution < 1.29 is 19.1 Å². The van der Waals surface area contributed by atoms with Gasteiger partial charge in [0.05, 0.1) is 12.5 Å². The normalized spacial score (nSPS) is 12.0. The summed E-state index contributed by atoms with van der Waals surface area (Å²) in [6.07, 6.45) is 0.262. The minimum atomic E-state index is -0.869. The zero-order valence-corrected chi connectivity index (χ0v) is 24.3. The van der Waals surface area contributed by atoms with Gasteiger partial charge in [-0.25, -0.2) is 0 Å². The van der Waals surface area contributed by atoms with E-state index in [9.17, 15) is 14.4 Å². The average molecular weight is 579 g/mol. The fraction of sp³-hybridized carbons (Fsp3) is 0.229. The second-order valence-corrected chi connectivity index (χ2v) is 10.1. The van der Waals surface area contributed by atoms with Crippen LogP contribution in [0.2, 0.25) is 0 Å². The molecule has 0 aliphatic rings. The molecule has 0 bridgehead atoms. The van der Waals surface area contributed by atoms with E-state index in [1.54, 1.807) is 24.3 Å². The van der Waals surface area contributed by atoms with E-state index in [-0.39, 0.29) is 30.7 Å². The molecule has 0 radical (unpaired) electrons. The topological polar surface area (TPSA) is 123 Å². The van der Waals surface area contributed by atoms with Gasteiger partial charge in [0.2, 0.25) is 11.8 Å². The summed E-state index contributed by atoms with van der Waals surface area (Å²) in [5.74, 6) is -0.864. The Balaban J connectivity index is 1.47. The molecule has 0 fully saturated rings. The molecule has 0 aromatic heterocycles. The van der Waals surface area contributed by atoms with Gasteiger partial charge in [0.25, 0.3) is 5.91 Å². The second kappa shape index (κ2) is 15.9. The fourth-order valence-electron chi connectivity index (χ4n) is 4.64. The molecule has 0 aliphatic carbocycles. The van der Waals surface area contributed by atoms with Crippen molar-refractivity contribution in [3.63, 3.8) is 0 Å². The molecule has 4 aromatic rings. The van der Waals surface area contributed by atoms with Crippen molar-refractivity contribution in [3.8, 4) is 5.75 Å². The maximum absolute atomic E-state index is 13.6. The molecule has 3 amide bonds. The Kier molecular flexibility index (Phi) is 11.5. The highest BCUT2D eigenvalue weighted by atomic mass is 16.5. The molecule has 0 spiro atoms. The number of carbonyl (C=O) groups is 3. The monoisotopic (exact) mass is 578 g/mol. The largest absolute Gasteiger partial charge is 0.494 e. The van der Waals surface area contributed by atoms with Gasteiger partial charge in [-0.3, -0.25) is 14.4 Å². The Hall–Kier alpha value is -4.95.